The van der Waals surface area contributed by atoms with Gasteiger partial charge in [-0.15, -0.1) is 0 Å². The zero-order valence-corrected chi connectivity index (χ0v) is 22.2. The largest absolute Gasteiger partial charge is 0.478 e. The molecule has 2 aliphatic heterocycles. The third kappa shape index (κ3) is 5.38. The fourth-order valence-corrected chi connectivity index (χ4v) is 8.50. The summed E-state index contributed by atoms with van der Waals surface area (Å²) < 4.78 is 29.5. The quantitative estimate of drug-likeness (QED) is 0.428. The molecule has 2 saturated heterocycles. The van der Waals surface area contributed by atoms with Crippen molar-refractivity contribution < 1.29 is 18.3 Å². The van der Waals surface area contributed by atoms with E-state index in [1.54, 1.807) is 24.3 Å². The number of hydrogen-bond donors (Lipinski definition) is 3. The van der Waals surface area contributed by atoms with Crippen molar-refractivity contribution in [1.82, 2.24) is 4.90 Å². The molecule has 0 saturated carbocycles. The molecule has 9 heteroatoms. The van der Waals surface area contributed by atoms with Gasteiger partial charge >= 0.3 is 5.97 Å². The van der Waals surface area contributed by atoms with Gasteiger partial charge in [0.15, 0.2) is 0 Å². The summed E-state index contributed by atoms with van der Waals surface area (Å²) in [4.78, 5) is 14.9. The van der Waals surface area contributed by atoms with Gasteiger partial charge in [-0.3, -0.25) is 9.62 Å². The van der Waals surface area contributed by atoms with Crippen LogP contribution >= 0.6 is 11.8 Å². The summed E-state index contributed by atoms with van der Waals surface area (Å²) in [6, 6.07) is 11.5. The predicted octanol–water partition coefficient (Wildman–Crippen LogP) is 4.84. The Labute approximate surface area is 218 Å². The lowest BCUT2D eigenvalue weighted by atomic mass is 9.87. The maximum Gasteiger partial charge on any atom is 0.338 e. The van der Waals surface area contributed by atoms with Crippen LogP contribution in [0.15, 0.2) is 41.3 Å². The van der Waals surface area contributed by atoms with Crippen LogP contribution in [-0.4, -0.2) is 61.1 Å². The molecule has 5 rings (SSSR count). The average Bonchev–Trinajstić information content (AvgIpc) is 3.56. The molecule has 1 unspecified atom stereocenters. The van der Waals surface area contributed by atoms with Gasteiger partial charge in [-0.05, 0) is 93.0 Å². The molecule has 0 amide bonds. The molecule has 0 aromatic heterocycles. The van der Waals surface area contributed by atoms with E-state index >= 15 is 0 Å². The van der Waals surface area contributed by atoms with E-state index in [-0.39, 0.29) is 16.1 Å². The summed E-state index contributed by atoms with van der Waals surface area (Å²) in [6.45, 7) is 1.85. The number of nitrogens with one attached hydrogen (secondary N) is 2. The average molecular weight is 530 g/mol. The number of hydrogen-bond acceptors (Lipinski definition) is 6. The SMILES string of the molecule is O=C(O)c1c(NS(=O)(=O)c2ccccc2NCC[C@@H]2CCCN2C2CCSC2)ccc2c1CCCC2. The van der Waals surface area contributed by atoms with Crippen LogP contribution in [0, 0.1) is 0 Å². The lowest BCUT2D eigenvalue weighted by Gasteiger charge is -2.30. The first kappa shape index (κ1) is 25.4. The summed E-state index contributed by atoms with van der Waals surface area (Å²) in [7, 11) is -3.99. The number of nitrogens with zero attached hydrogens (tertiary/aromatic N) is 1. The summed E-state index contributed by atoms with van der Waals surface area (Å²) in [5.74, 6) is 1.37. The number of fused-ring (bicyclic) bond motifs is 1. The van der Waals surface area contributed by atoms with Gasteiger partial charge < -0.3 is 10.4 Å². The lowest BCUT2D eigenvalue weighted by molar-refractivity contribution is 0.0696. The van der Waals surface area contributed by atoms with Gasteiger partial charge in [0.05, 0.1) is 16.9 Å². The van der Waals surface area contributed by atoms with Crippen LogP contribution < -0.4 is 10.0 Å². The second kappa shape index (κ2) is 11.0. The zero-order valence-electron chi connectivity index (χ0n) is 20.5. The smallest absolute Gasteiger partial charge is 0.338 e. The number of rotatable bonds is 9. The molecular formula is C27H35N3O4S2. The van der Waals surface area contributed by atoms with Crippen LogP contribution in [-0.2, 0) is 22.9 Å². The van der Waals surface area contributed by atoms with Crippen LogP contribution in [0.5, 0.6) is 0 Å². The minimum absolute atomic E-state index is 0.0765. The van der Waals surface area contributed by atoms with Crippen molar-refractivity contribution in [3.05, 3.63) is 53.1 Å². The number of sulfonamides is 1. The summed E-state index contributed by atoms with van der Waals surface area (Å²) >= 11 is 2.04. The van der Waals surface area contributed by atoms with Gasteiger partial charge in [-0.2, -0.15) is 11.8 Å². The van der Waals surface area contributed by atoms with E-state index < -0.39 is 16.0 Å². The third-order valence-corrected chi connectivity index (χ3v) is 10.3. The first-order valence-electron chi connectivity index (χ1n) is 13.0. The molecule has 7 nitrogen and oxygen atoms in total. The van der Waals surface area contributed by atoms with Gasteiger partial charge in [0.2, 0.25) is 0 Å². The van der Waals surface area contributed by atoms with Gasteiger partial charge in [0, 0.05) is 24.4 Å². The van der Waals surface area contributed by atoms with Crippen LogP contribution in [0.2, 0.25) is 0 Å². The molecular weight excluding hydrogens is 494 g/mol. The third-order valence-electron chi connectivity index (χ3n) is 7.76. The highest BCUT2D eigenvalue weighted by Crippen LogP contribution is 2.33. The van der Waals surface area contributed by atoms with Crippen LogP contribution in [0.25, 0.3) is 0 Å². The van der Waals surface area contributed by atoms with Crippen molar-refractivity contribution in [2.24, 2.45) is 0 Å². The summed E-state index contributed by atoms with van der Waals surface area (Å²) in [5.41, 5.74) is 2.50. The molecule has 2 fully saturated rings. The Morgan fingerprint density at radius 2 is 1.89 bits per heavy atom. The molecule has 0 bridgehead atoms. The van der Waals surface area contributed by atoms with Crippen LogP contribution in [0.1, 0.15) is 60.0 Å². The van der Waals surface area contributed by atoms with E-state index in [4.69, 9.17) is 0 Å². The predicted molar refractivity (Wildman–Crippen MR) is 146 cm³/mol. The van der Waals surface area contributed by atoms with E-state index in [2.05, 4.69) is 14.9 Å². The number of anilines is 2. The fraction of sp³-hybridized carbons (Fsp3) is 0.519. The van der Waals surface area contributed by atoms with Crippen LogP contribution in [0.3, 0.4) is 0 Å². The van der Waals surface area contributed by atoms with Crippen molar-refractivity contribution in [3.8, 4) is 0 Å². The topological polar surface area (TPSA) is 98.7 Å². The number of para-hydroxylation sites is 1. The number of carboxylic acid groups (broad SMARTS) is 1. The Hall–Kier alpha value is -2.23. The van der Waals surface area contributed by atoms with Gasteiger partial charge in [0.25, 0.3) is 10.0 Å². The minimum atomic E-state index is -3.99. The molecule has 194 valence electrons. The Kier molecular flexibility index (Phi) is 7.79. The van der Waals surface area contributed by atoms with Crippen molar-refractivity contribution in [3.63, 3.8) is 0 Å². The molecule has 3 aliphatic rings. The number of aromatic carboxylic acids is 1. The molecule has 2 heterocycles. The van der Waals surface area contributed by atoms with Gasteiger partial charge in [0.1, 0.15) is 4.90 Å². The highest BCUT2D eigenvalue weighted by molar-refractivity contribution is 7.99. The molecule has 0 radical (unpaired) electrons. The standard InChI is InChI=1S/C27H35N3O4S2/c31-27(32)26-22-8-2-1-6-19(22)11-12-24(26)29-36(33,34)25-10-4-3-9-23(25)28-15-13-20-7-5-16-30(20)21-14-17-35-18-21/h3-4,9-12,20-21,28-29H,1-2,5-8,13-18H2,(H,31,32)/t20-,21?/m0/s1. The number of likely N-dealkylation sites (tertiary alicyclic amines) is 1. The first-order chi connectivity index (χ1) is 17.4. The fourth-order valence-electron chi connectivity index (χ4n) is 6.01. The van der Waals surface area contributed by atoms with E-state index in [1.807, 2.05) is 23.9 Å². The molecule has 0 spiro atoms. The Balaban J connectivity index is 1.31. The normalized spacial score (nSPS) is 22.3. The Morgan fingerprint density at radius 3 is 2.69 bits per heavy atom. The Bertz CT molecular complexity index is 1210. The molecule has 36 heavy (non-hydrogen) atoms. The van der Waals surface area contributed by atoms with Gasteiger partial charge in [-0.25, -0.2) is 13.2 Å². The van der Waals surface area contributed by atoms with E-state index in [1.165, 1.54) is 30.8 Å². The summed E-state index contributed by atoms with van der Waals surface area (Å²) in [6.07, 6.45) is 8.08. The monoisotopic (exact) mass is 529 g/mol. The van der Waals surface area contributed by atoms with E-state index in [0.717, 1.165) is 43.4 Å². The second-order valence-corrected chi connectivity index (χ2v) is 12.8. The highest BCUT2D eigenvalue weighted by Gasteiger charge is 2.32. The second-order valence-electron chi connectivity index (χ2n) is 10.0. The zero-order chi connectivity index (χ0) is 25.1. The van der Waals surface area contributed by atoms with E-state index in [0.29, 0.717) is 30.7 Å². The van der Waals surface area contributed by atoms with Crippen LogP contribution in [0.4, 0.5) is 11.4 Å². The summed E-state index contributed by atoms with van der Waals surface area (Å²) in [5, 5.41) is 13.3. The molecule has 3 N–H and O–H groups in total. The van der Waals surface area contributed by atoms with Crippen molar-refractivity contribution in [2.45, 2.75) is 68.3 Å². The maximum absolute atomic E-state index is 13.5. The molecule has 1 aliphatic carbocycles. The lowest BCUT2D eigenvalue weighted by Crippen LogP contribution is -2.39. The number of carbonyl (C=O) groups is 1. The number of aryl methyl sites for hydroxylation is 1. The number of benzene rings is 2. The maximum atomic E-state index is 13.5. The van der Waals surface area contributed by atoms with Crippen molar-refractivity contribution in [2.75, 3.05) is 34.6 Å². The number of carboxylic acids is 1. The van der Waals surface area contributed by atoms with Crippen molar-refractivity contribution >= 4 is 39.1 Å². The highest BCUT2D eigenvalue weighted by atomic mass is 32.2. The molecule has 2 aromatic carbocycles. The molecule has 2 atom stereocenters. The first-order valence-corrected chi connectivity index (χ1v) is 15.6. The van der Waals surface area contributed by atoms with E-state index in [9.17, 15) is 18.3 Å². The van der Waals surface area contributed by atoms with Crippen molar-refractivity contribution in [1.29, 1.82) is 0 Å². The number of thioether (sulfide) groups is 1. The van der Waals surface area contributed by atoms with Gasteiger partial charge in [-0.1, -0.05) is 18.2 Å². The Morgan fingerprint density at radius 1 is 1.06 bits per heavy atom. The minimum Gasteiger partial charge on any atom is -0.478 e. The molecule has 2 aromatic rings.